The molecule has 0 aliphatic heterocycles. The van der Waals surface area contributed by atoms with Gasteiger partial charge in [-0.1, -0.05) is 0 Å². The number of benzene rings is 1. The second-order valence-corrected chi connectivity index (χ2v) is 3.09. The van der Waals surface area contributed by atoms with Crippen molar-refractivity contribution in [3.63, 3.8) is 0 Å². The van der Waals surface area contributed by atoms with Crippen molar-refractivity contribution in [3.05, 3.63) is 36.0 Å². The van der Waals surface area contributed by atoms with Gasteiger partial charge in [0.25, 0.3) is 0 Å². The highest BCUT2D eigenvalue weighted by atomic mass is 16.5. The summed E-state index contributed by atoms with van der Waals surface area (Å²) in [5, 5.41) is 15.1. The molecule has 0 saturated carbocycles. The Morgan fingerprint density at radius 1 is 1.38 bits per heavy atom. The molecule has 82 valence electrons. The minimum Gasteiger partial charge on any atom is -0.508 e. The molecule has 0 saturated heterocycles. The van der Waals surface area contributed by atoms with Crippen LogP contribution in [-0.2, 0) is 0 Å². The third-order valence-electron chi connectivity index (χ3n) is 1.86. The van der Waals surface area contributed by atoms with Crippen LogP contribution in [0.2, 0.25) is 0 Å². The molecule has 0 aliphatic carbocycles. The van der Waals surface area contributed by atoms with Crippen molar-refractivity contribution < 1.29 is 14.6 Å². The Kier molecular flexibility index (Phi) is 2.47. The number of carbonyl (C=O) groups excluding carboxylic acids is 1. The Morgan fingerprint density at radius 2 is 2.06 bits per heavy atom. The number of nitrogens with one attached hydrogen (secondary N) is 1. The summed E-state index contributed by atoms with van der Waals surface area (Å²) in [6, 6.07) is 7.18. The van der Waals surface area contributed by atoms with Gasteiger partial charge in [-0.3, -0.25) is 5.10 Å². The third-order valence-corrected chi connectivity index (χ3v) is 1.86. The van der Waals surface area contributed by atoms with Gasteiger partial charge < -0.3 is 15.6 Å². The zero-order valence-corrected chi connectivity index (χ0v) is 8.18. The molecule has 6 nitrogen and oxygen atoms in total. The Morgan fingerprint density at radius 3 is 2.62 bits per heavy atom. The molecule has 0 atom stereocenters. The number of aromatic nitrogens is 2. The highest BCUT2D eigenvalue weighted by molar-refractivity contribution is 5.89. The number of carbonyl (C=O) groups is 1. The molecule has 4 N–H and O–H groups in total. The fourth-order valence-corrected chi connectivity index (χ4v) is 1.12. The fourth-order valence-electron chi connectivity index (χ4n) is 1.12. The Hall–Kier alpha value is -2.50. The Bertz CT molecular complexity index is 504. The van der Waals surface area contributed by atoms with Gasteiger partial charge in [0.05, 0.1) is 0 Å². The molecular formula is C10H9N3O3. The average molecular weight is 219 g/mol. The standard InChI is InChI=1S/C10H9N3O3/c11-9-5-8(12-13-9)10(15)16-7-3-1-6(14)2-4-7/h1-5,14H,(H3,11,12,13). The topological polar surface area (TPSA) is 101 Å². The Labute approximate surface area is 90.7 Å². The van der Waals surface area contributed by atoms with E-state index in [9.17, 15) is 4.79 Å². The van der Waals surface area contributed by atoms with Gasteiger partial charge in [0.15, 0.2) is 0 Å². The van der Waals surface area contributed by atoms with E-state index < -0.39 is 5.97 Å². The number of phenolic OH excluding ortho intramolecular Hbond substituents is 1. The SMILES string of the molecule is Nc1cc(C(=O)Oc2ccc(O)cc2)[nH]n1. The summed E-state index contributed by atoms with van der Waals surface area (Å²) in [6.45, 7) is 0. The van der Waals surface area contributed by atoms with Gasteiger partial charge in [0.2, 0.25) is 0 Å². The van der Waals surface area contributed by atoms with Crippen LogP contribution in [0, 0.1) is 0 Å². The molecule has 0 radical (unpaired) electrons. The van der Waals surface area contributed by atoms with E-state index in [0.29, 0.717) is 5.75 Å². The van der Waals surface area contributed by atoms with E-state index in [4.69, 9.17) is 15.6 Å². The lowest BCUT2D eigenvalue weighted by molar-refractivity contribution is 0.0728. The van der Waals surface area contributed by atoms with E-state index in [0.717, 1.165) is 0 Å². The molecule has 1 aromatic carbocycles. The normalized spacial score (nSPS) is 10.0. The van der Waals surface area contributed by atoms with Gasteiger partial charge in [0, 0.05) is 6.07 Å². The van der Waals surface area contributed by atoms with Crippen LogP contribution in [0.1, 0.15) is 10.5 Å². The predicted octanol–water partition coefficient (Wildman–Crippen LogP) is 0.917. The quantitative estimate of drug-likeness (QED) is 0.515. The maximum absolute atomic E-state index is 11.5. The largest absolute Gasteiger partial charge is 0.508 e. The summed E-state index contributed by atoms with van der Waals surface area (Å²) in [5.41, 5.74) is 5.52. The predicted molar refractivity (Wildman–Crippen MR) is 56.1 cm³/mol. The number of H-pyrrole nitrogens is 1. The van der Waals surface area contributed by atoms with Crippen LogP contribution in [0.3, 0.4) is 0 Å². The first kappa shape index (κ1) is 10.0. The van der Waals surface area contributed by atoms with Crippen molar-refractivity contribution in [1.29, 1.82) is 0 Å². The summed E-state index contributed by atoms with van der Waals surface area (Å²) in [4.78, 5) is 11.5. The number of nitrogens with two attached hydrogens (primary N) is 1. The van der Waals surface area contributed by atoms with Crippen molar-refractivity contribution in [2.75, 3.05) is 5.73 Å². The monoisotopic (exact) mass is 219 g/mol. The van der Waals surface area contributed by atoms with E-state index in [1.54, 1.807) is 0 Å². The number of hydrogen-bond acceptors (Lipinski definition) is 5. The maximum atomic E-state index is 11.5. The molecule has 2 aromatic rings. The molecule has 0 amide bonds. The van der Waals surface area contributed by atoms with Crippen molar-refractivity contribution in [1.82, 2.24) is 10.2 Å². The van der Waals surface area contributed by atoms with Crippen LogP contribution >= 0.6 is 0 Å². The van der Waals surface area contributed by atoms with Crippen LogP contribution in [0.4, 0.5) is 5.82 Å². The third kappa shape index (κ3) is 2.11. The van der Waals surface area contributed by atoms with Crippen molar-refractivity contribution in [2.24, 2.45) is 0 Å². The lowest BCUT2D eigenvalue weighted by Crippen LogP contribution is -2.08. The summed E-state index contributed by atoms with van der Waals surface area (Å²) in [6.07, 6.45) is 0. The zero-order valence-electron chi connectivity index (χ0n) is 8.18. The Balaban J connectivity index is 2.10. The van der Waals surface area contributed by atoms with Crippen LogP contribution in [-0.4, -0.2) is 21.3 Å². The van der Waals surface area contributed by atoms with E-state index in [-0.39, 0.29) is 17.3 Å². The molecule has 6 heteroatoms. The molecular weight excluding hydrogens is 210 g/mol. The minimum absolute atomic E-state index is 0.102. The minimum atomic E-state index is -0.588. The molecule has 2 rings (SSSR count). The van der Waals surface area contributed by atoms with Gasteiger partial charge in [-0.15, -0.1) is 0 Å². The highest BCUT2D eigenvalue weighted by Gasteiger charge is 2.11. The number of phenols is 1. The molecule has 0 fully saturated rings. The molecule has 0 aliphatic rings. The number of anilines is 1. The lowest BCUT2D eigenvalue weighted by Gasteiger charge is -2.01. The molecule has 0 bridgehead atoms. The molecule has 1 aromatic heterocycles. The van der Waals surface area contributed by atoms with E-state index in [2.05, 4.69) is 10.2 Å². The number of nitrogen functional groups attached to an aromatic ring is 1. The number of hydrogen-bond donors (Lipinski definition) is 3. The maximum Gasteiger partial charge on any atom is 0.361 e. The zero-order chi connectivity index (χ0) is 11.5. The number of ether oxygens (including phenoxy) is 1. The molecule has 0 spiro atoms. The second-order valence-electron chi connectivity index (χ2n) is 3.09. The fraction of sp³-hybridized carbons (Fsp3) is 0. The number of aromatic amines is 1. The first-order valence-electron chi connectivity index (χ1n) is 4.47. The first-order valence-corrected chi connectivity index (χ1v) is 4.47. The second kappa shape index (κ2) is 3.93. The summed E-state index contributed by atoms with van der Waals surface area (Å²) in [7, 11) is 0. The molecule has 1 heterocycles. The van der Waals surface area contributed by atoms with Crippen LogP contribution in [0.5, 0.6) is 11.5 Å². The van der Waals surface area contributed by atoms with E-state index in [1.165, 1.54) is 30.3 Å². The van der Waals surface area contributed by atoms with Gasteiger partial charge in [-0.2, -0.15) is 5.10 Å². The number of rotatable bonds is 2. The molecule has 16 heavy (non-hydrogen) atoms. The van der Waals surface area contributed by atoms with Crippen molar-refractivity contribution in [3.8, 4) is 11.5 Å². The van der Waals surface area contributed by atoms with Crippen LogP contribution < -0.4 is 10.5 Å². The van der Waals surface area contributed by atoms with E-state index in [1.807, 2.05) is 0 Å². The number of nitrogens with zero attached hydrogens (tertiary/aromatic N) is 1. The summed E-state index contributed by atoms with van der Waals surface area (Å²) < 4.78 is 4.99. The van der Waals surface area contributed by atoms with Gasteiger partial charge >= 0.3 is 5.97 Å². The van der Waals surface area contributed by atoms with Crippen molar-refractivity contribution >= 4 is 11.8 Å². The number of aromatic hydroxyl groups is 1. The molecule has 0 unspecified atom stereocenters. The van der Waals surface area contributed by atoms with E-state index >= 15 is 0 Å². The van der Waals surface area contributed by atoms with Crippen LogP contribution in [0.25, 0.3) is 0 Å². The van der Waals surface area contributed by atoms with Crippen molar-refractivity contribution in [2.45, 2.75) is 0 Å². The smallest absolute Gasteiger partial charge is 0.361 e. The van der Waals surface area contributed by atoms with Gasteiger partial charge in [0.1, 0.15) is 23.0 Å². The van der Waals surface area contributed by atoms with Gasteiger partial charge in [-0.25, -0.2) is 4.79 Å². The summed E-state index contributed by atoms with van der Waals surface area (Å²) in [5.74, 6) is 0.0640. The van der Waals surface area contributed by atoms with Gasteiger partial charge in [-0.05, 0) is 24.3 Å². The summed E-state index contributed by atoms with van der Waals surface area (Å²) >= 11 is 0. The average Bonchev–Trinajstić information content (AvgIpc) is 2.68. The lowest BCUT2D eigenvalue weighted by atomic mass is 10.3. The van der Waals surface area contributed by atoms with Crippen LogP contribution in [0.15, 0.2) is 30.3 Å². The first-order chi connectivity index (χ1) is 7.65. The highest BCUT2D eigenvalue weighted by Crippen LogP contribution is 2.17. The number of esters is 1.